The minimum Gasteiger partial charge on any atom is -0.314 e. The van der Waals surface area contributed by atoms with Crippen molar-refractivity contribution in [3.63, 3.8) is 0 Å². The summed E-state index contributed by atoms with van der Waals surface area (Å²) >= 11 is 5.35. The number of halogens is 1. The van der Waals surface area contributed by atoms with Crippen molar-refractivity contribution < 1.29 is 0 Å². The van der Waals surface area contributed by atoms with E-state index in [-0.39, 0.29) is 5.41 Å². The summed E-state index contributed by atoms with van der Waals surface area (Å²) in [6.07, 6.45) is 3.66. The highest BCUT2D eigenvalue weighted by molar-refractivity contribution is 9.11. The molecule has 0 amide bonds. The van der Waals surface area contributed by atoms with E-state index < -0.39 is 0 Å². The van der Waals surface area contributed by atoms with E-state index in [0.29, 0.717) is 5.92 Å². The number of aromatic nitrogens is 3. The molecule has 108 valence electrons. The van der Waals surface area contributed by atoms with E-state index in [1.807, 2.05) is 0 Å². The lowest BCUT2D eigenvalue weighted by Crippen LogP contribution is -2.24. The number of nitrogens with zero attached hydrogens (tertiary/aromatic N) is 3. The third-order valence-electron chi connectivity index (χ3n) is 3.92. The Hall–Kier alpha value is -0.680. The van der Waals surface area contributed by atoms with Crippen molar-refractivity contribution in [1.82, 2.24) is 14.8 Å². The number of rotatable bonds is 5. The molecule has 0 saturated heterocycles. The predicted molar refractivity (Wildman–Crippen MR) is 86.4 cm³/mol. The maximum absolute atomic E-state index is 4.56. The van der Waals surface area contributed by atoms with Crippen LogP contribution in [0.2, 0.25) is 0 Å². The first-order valence-corrected chi connectivity index (χ1v) is 8.84. The highest BCUT2D eigenvalue weighted by Crippen LogP contribution is 2.42. The number of hydrogen-bond donors (Lipinski definition) is 0. The molecule has 3 nitrogen and oxygen atoms in total. The number of thiophene rings is 1. The third kappa shape index (κ3) is 2.46. The van der Waals surface area contributed by atoms with E-state index in [9.17, 15) is 0 Å². The summed E-state index contributed by atoms with van der Waals surface area (Å²) in [6.45, 7) is 7.73. The van der Waals surface area contributed by atoms with Crippen LogP contribution in [0, 0.1) is 0 Å². The van der Waals surface area contributed by atoms with E-state index in [4.69, 9.17) is 0 Å². The Kier molecular flexibility index (Phi) is 3.75. The fraction of sp³-hybridized carbons (Fsp3) is 0.600. The van der Waals surface area contributed by atoms with Crippen LogP contribution >= 0.6 is 27.3 Å². The first-order chi connectivity index (χ1) is 9.54. The van der Waals surface area contributed by atoms with Crippen LogP contribution in [0.25, 0.3) is 0 Å². The monoisotopic (exact) mass is 353 g/mol. The van der Waals surface area contributed by atoms with E-state index in [0.717, 1.165) is 18.8 Å². The number of hydrogen-bond acceptors (Lipinski definition) is 3. The molecule has 3 rings (SSSR count). The van der Waals surface area contributed by atoms with Crippen LogP contribution in [0.3, 0.4) is 0 Å². The molecule has 1 aliphatic rings. The summed E-state index contributed by atoms with van der Waals surface area (Å²) < 4.78 is 3.54. The Morgan fingerprint density at radius 3 is 2.65 bits per heavy atom. The van der Waals surface area contributed by atoms with Gasteiger partial charge < -0.3 is 4.57 Å². The fourth-order valence-electron chi connectivity index (χ4n) is 2.63. The average Bonchev–Trinajstić information content (AvgIpc) is 3.00. The lowest BCUT2D eigenvalue weighted by atomic mass is 9.90. The SMILES string of the molecule is CCCn1c(C2CC2)nnc1C(C)(C)c1ccc(Br)s1. The lowest BCUT2D eigenvalue weighted by molar-refractivity contribution is 0.522. The molecule has 0 atom stereocenters. The standard InChI is InChI=1S/C15H20BrN3S/c1-4-9-19-13(10-5-6-10)17-18-14(19)15(2,3)11-7-8-12(16)20-11/h7-8,10H,4-6,9H2,1-3H3. The molecule has 0 bridgehead atoms. The molecule has 2 aromatic rings. The zero-order valence-corrected chi connectivity index (χ0v) is 14.6. The second kappa shape index (κ2) is 5.26. The summed E-state index contributed by atoms with van der Waals surface area (Å²) in [5, 5.41) is 9.06. The van der Waals surface area contributed by atoms with Gasteiger partial charge in [-0.25, -0.2) is 0 Å². The second-order valence-electron chi connectivity index (χ2n) is 6.04. The summed E-state index contributed by atoms with van der Waals surface area (Å²) in [7, 11) is 0. The summed E-state index contributed by atoms with van der Waals surface area (Å²) in [4.78, 5) is 1.33. The molecule has 0 N–H and O–H groups in total. The van der Waals surface area contributed by atoms with E-state index in [1.165, 1.54) is 27.3 Å². The molecule has 0 unspecified atom stereocenters. The first-order valence-electron chi connectivity index (χ1n) is 7.23. The van der Waals surface area contributed by atoms with Crippen LogP contribution in [0.15, 0.2) is 15.9 Å². The van der Waals surface area contributed by atoms with Gasteiger partial charge in [0.05, 0.1) is 9.20 Å². The van der Waals surface area contributed by atoms with Gasteiger partial charge in [0, 0.05) is 17.3 Å². The molecule has 0 aromatic carbocycles. The van der Waals surface area contributed by atoms with E-state index >= 15 is 0 Å². The maximum atomic E-state index is 4.56. The highest BCUT2D eigenvalue weighted by atomic mass is 79.9. The predicted octanol–water partition coefficient (Wildman–Crippen LogP) is 4.72. The van der Waals surface area contributed by atoms with E-state index in [2.05, 4.69) is 63.6 Å². The van der Waals surface area contributed by atoms with Gasteiger partial charge in [-0.05, 0) is 61.2 Å². The van der Waals surface area contributed by atoms with Crippen molar-refractivity contribution in [2.24, 2.45) is 0 Å². The molecule has 1 aliphatic carbocycles. The molecule has 0 radical (unpaired) electrons. The quantitative estimate of drug-likeness (QED) is 0.778. The van der Waals surface area contributed by atoms with Crippen LogP contribution in [-0.2, 0) is 12.0 Å². The van der Waals surface area contributed by atoms with Gasteiger partial charge in [0.2, 0.25) is 0 Å². The van der Waals surface area contributed by atoms with Crippen molar-refractivity contribution in [2.45, 2.75) is 57.9 Å². The minimum absolute atomic E-state index is 0.0913. The molecule has 5 heteroatoms. The first kappa shape index (κ1) is 14.3. The normalized spacial score (nSPS) is 15.8. The van der Waals surface area contributed by atoms with Crippen LogP contribution in [-0.4, -0.2) is 14.8 Å². The Morgan fingerprint density at radius 1 is 1.35 bits per heavy atom. The zero-order chi connectivity index (χ0) is 14.3. The second-order valence-corrected chi connectivity index (χ2v) is 8.50. The van der Waals surface area contributed by atoms with Gasteiger partial charge in [0.15, 0.2) is 0 Å². The molecule has 2 heterocycles. The molecule has 20 heavy (non-hydrogen) atoms. The van der Waals surface area contributed by atoms with Crippen LogP contribution < -0.4 is 0 Å². The fourth-order valence-corrected chi connectivity index (χ4v) is 4.11. The van der Waals surface area contributed by atoms with Gasteiger partial charge in [0.25, 0.3) is 0 Å². The summed E-state index contributed by atoms with van der Waals surface area (Å²) in [6, 6.07) is 4.31. The van der Waals surface area contributed by atoms with Gasteiger partial charge in [-0.1, -0.05) is 6.92 Å². The van der Waals surface area contributed by atoms with Crippen LogP contribution in [0.4, 0.5) is 0 Å². The topological polar surface area (TPSA) is 30.7 Å². The van der Waals surface area contributed by atoms with Crippen molar-refractivity contribution in [1.29, 1.82) is 0 Å². The largest absolute Gasteiger partial charge is 0.314 e. The Bertz CT molecular complexity index is 610. The Balaban J connectivity index is 2.03. The third-order valence-corrected chi connectivity index (χ3v) is 5.86. The average molecular weight is 354 g/mol. The van der Waals surface area contributed by atoms with Gasteiger partial charge in [-0.3, -0.25) is 0 Å². The van der Waals surface area contributed by atoms with Crippen molar-refractivity contribution in [2.75, 3.05) is 0 Å². The van der Waals surface area contributed by atoms with E-state index in [1.54, 1.807) is 11.3 Å². The van der Waals surface area contributed by atoms with Gasteiger partial charge in [-0.15, -0.1) is 21.5 Å². The molecule has 1 fully saturated rings. The molecular weight excluding hydrogens is 334 g/mol. The summed E-state index contributed by atoms with van der Waals surface area (Å²) in [5.41, 5.74) is -0.0913. The smallest absolute Gasteiger partial charge is 0.143 e. The van der Waals surface area contributed by atoms with Gasteiger partial charge in [-0.2, -0.15) is 0 Å². The van der Waals surface area contributed by atoms with Gasteiger partial charge >= 0.3 is 0 Å². The van der Waals surface area contributed by atoms with Crippen molar-refractivity contribution in [3.8, 4) is 0 Å². The van der Waals surface area contributed by atoms with Gasteiger partial charge in [0.1, 0.15) is 11.6 Å². The molecular formula is C15H20BrN3S. The van der Waals surface area contributed by atoms with Crippen molar-refractivity contribution >= 4 is 27.3 Å². The molecule has 2 aromatic heterocycles. The summed E-state index contributed by atoms with van der Waals surface area (Å²) in [5.74, 6) is 2.95. The highest BCUT2D eigenvalue weighted by Gasteiger charge is 2.35. The molecule has 0 spiro atoms. The van der Waals surface area contributed by atoms with Crippen LogP contribution in [0.1, 0.15) is 62.5 Å². The van der Waals surface area contributed by atoms with Crippen molar-refractivity contribution in [3.05, 3.63) is 32.4 Å². The minimum atomic E-state index is -0.0913. The molecule has 1 saturated carbocycles. The Labute approximate surface area is 132 Å². The van der Waals surface area contributed by atoms with Crippen LogP contribution in [0.5, 0.6) is 0 Å². The lowest BCUT2D eigenvalue weighted by Gasteiger charge is -2.23. The zero-order valence-electron chi connectivity index (χ0n) is 12.2. The maximum Gasteiger partial charge on any atom is 0.143 e. The molecule has 0 aliphatic heterocycles. The Morgan fingerprint density at radius 2 is 2.10 bits per heavy atom.